The highest BCUT2D eigenvalue weighted by atomic mass is 16.5. The van der Waals surface area contributed by atoms with Crippen LogP contribution in [0.25, 0.3) is 22.3 Å². The molecule has 3 aromatic rings. The molecule has 0 unspecified atom stereocenters. The van der Waals surface area contributed by atoms with Crippen molar-refractivity contribution in [3.8, 4) is 17.3 Å². The number of pyridine rings is 1. The molecule has 21 heavy (non-hydrogen) atoms. The standard InChI is InChI=1S/C15H15N5O/c1-9-5-11(18-8-17-9)14-10-6-13(21-15(2)3-4-15)16-7-12(10)19-20-14/h5-8H,3-4H2,1-2H3,(H,19,20). The molecule has 4 rings (SSSR count). The molecule has 1 aliphatic rings. The molecule has 1 N–H and O–H groups in total. The molecule has 0 bridgehead atoms. The first-order valence-electron chi connectivity index (χ1n) is 6.95. The zero-order valence-corrected chi connectivity index (χ0v) is 11.9. The number of ether oxygens (including phenoxy) is 1. The van der Waals surface area contributed by atoms with E-state index in [9.17, 15) is 0 Å². The fraction of sp³-hybridized carbons (Fsp3) is 0.333. The van der Waals surface area contributed by atoms with Gasteiger partial charge in [-0.1, -0.05) is 0 Å². The van der Waals surface area contributed by atoms with E-state index >= 15 is 0 Å². The van der Waals surface area contributed by atoms with Crippen molar-refractivity contribution in [1.29, 1.82) is 0 Å². The Morgan fingerprint density at radius 1 is 1.19 bits per heavy atom. The minimum absolute atomic E-state index is 0.0456. The summed E-state index contributed by atoms with van der Waals surface area (Å²) < 4.78 is 5.92. The van der Waals surface area contributed by atoms with Gasteiger partial charge in [-0.2, -0.15) is 5.10 Å². The average molecular weight is 281 g/mol. The number of aromatic amines is 1. The first kappa shape index (κ1) is 12.3. The quantitative estimate of drug-likeness (QED) is 0.798. The summed E-state index contributed by atoms with van der Waals surface area (Å²) in [4.78, 5) is 12.7. The molecule has 3 heterocycles. The van der Waals surface area contributed by atoms with Crippen LogP contribution >= 0.6 is 0 Å². The highest BCUT2D eigenvalue weighted by Gasteiger charge is 2.40. The maximum atomic E-state index is 5.92. The van der Waals surface area contributed by atoms with E-state index < -0.39 is 0 Å². The van der Waals surface area contributed by atoms with Crippen molar-refractivity contribution in [2.24, 2.45) is 0 Å². The maximum Gasteiger partial charge on any atom is 0.214 e. The third-order valence-electron chi connectivity index (χ3n) is 3.77. The van der Waals surface area contributed by atoms with Crippen LogP contribution in [0.1, 0.15) is 25.5 Å². The summed E-state index contributed by atoms with van der Waals surface area (Å²) in [5, 5.41) is 8.29. The van der Waals surface area contributed by atoms with Crippen LogP contribution in [0.4, 0.5) is 0 Å². The normalized spacial score (nSPS) is 16.1. The highest BCUT2D eigenvalue weighted by molar-refractivity contribution is 5.92. The highest BCUT2D eigenvalue weighted by Crippen LogP contribution is 2.39. The molecular formula is C15H15N5O. The molecule has 1 aliphatic carbocycles. The smallest absolute Gasteiger partial charge is 0.214 e. The monoisotopic (exact) mass is 281 g/mol. The molecule has 106 valence electrons. The van der Waals surface area contributed by atoms with Gasteiger partial charge in [-0.15, -0.1) is 0 Å². The molecule has 0 atom stereocenters. The van der Waals surface area contributed by atoms with Crippen LogP contribution in [0, 0.1) is 6.92 Å². The number of H-pyrrole nitrogens is 1. The molecule has 0 amide bonds. The second-order valence-corrected chi connectivity index (χ2v) is 5.74. The first-order valence-corrected chi connectivity index (χ1v) is 6.95. The van der Waals surface area contributed by atoms with Crippen LogP contribution in [0.3, 0.4) is 0 Å². The fourth-order valence-electron chi connectivity index (χ4n) is 2.26. The van der Waals surface area contributed by atoms with Crippen molar-refractivity contribution in [3.05, 3.63) is 30.4 Å². The molecule has 0 saturated heterocycles. The van der Waals surface area contributed by atoms with Crippen molar-refractivity contribution >= 4 is 10.9 Å². The minimum Gasteiger partial charge on any atom is -0.471 e. The Labute approximate surface area is 121 Å². The van der Waals surface area contributed by atoms with Crippen LogP contribution in [0.5, 0.6) is 5.88 Å². The van der Waals surface area contributed by atoms with Gasteiger partial charge in [0.15, 0.2) is 0 Å². The van der Waals surface area contributed by atoms with Crippen LogP contribution in [-0.2, 0) is 0 Å². The number of hydrogen-bond donors (Lipinski definition) is 1. The Hall–Kier alpha value is -2.50. The molecule has 0 radical (unpaired) electrons. The predicted molar refractivity (Wildman–Crippen MR) is 77.9 cm³/mol. The van der Waals surface area contributed by atoms with Crippen LogP contribution < -0.4 is 4.74 Å². The Balaban J connectivity index is 1.80. The zero-order chi connectivity index (χ0) is 14.4. The van der Waals surface area contributed by atoms with Crippen molar-refractivity contribution in [3.63, 3.8) is 0 Å². The summed E-state index contributed by atoms with van der Waals surface area (Å²) in [5.41, 5.74) is 3.32. The number of fused-ring (bicyclic) bond motifs is 1. The summed E-state index contributed by atoms with van der Waals surface area (Å²) in [6, 6.07) is 3.84. The van der Waals surface area contributed by atoms with Crippen LogP contribution in [0.2, 0.25) is 0 Å². The Kier molecular flexibility index (Phi) is 2.48. The van der Waals surface area contributed by atoms with E-state index in [0.717, 1.165) is 40.8 Å². The van der Waals surface area contributed by atoms with Gasteiger partial charge < -0.3 is 4.74 Å². The van der Waals surface area contributed by atoms with Gasteiger partial charge in [0.1, 0.15) is 17.6 Å². The van der Waals surface area contributed by atoms with Crippen LogP contribution in [0.15, 0.2) is 24.7 Å². The van der Waals surface area contributed by atoms with Gasteiger partial charge in [0.2, 0.25) is 5.88 Å². The second kappa shape index (κ2) is 4.25. The van der Waals surface area contributed by atoms with E-state index in [1.807, 2.05) is 19.1 Å². The lowest BCUT2D eigenvalue weighted by atomic mass is 10.2. The van der Waals surface area contributed by atoms with E-state index in [2.05, 4.69) is 32.1 Å². The topological polar surface area (TPSA) is 76.6 Å². The SMILES string of the molecule is Cc1cc(-c2n[nH]c3cnc(OC4(C)CC4)cc23)ncn1. The number of nitrogens with zero attached hydrogens (tertiary/aromatic N) is 4. The number of aryl methyl sites for hydroxylation is 1. The Bertz CT molecular complexity index is 822. The lowest BCUT2D eigenvalue weighted by Gasteiger charge is -2.11. The third-order valence-corrected chi connectivity index (χ3v) is 3.77. The van der Waals surface area contributed by atoms with Gasteiger partial charge in [0.25, 0.3) is 0 Å². The first-order chi connectivity index (χ1) is 10.1. The molecule has 6 heteroatoms. The van der Waals surface area contributed by atoms with E-state index in [0.29, 0.717) is 5.88 Å². The molecule has 1 saturated carbocycles. The van der Waals surface area contributed by atoms with Crippen molar-refractivity contribution in [2.45, 2.75) is 32.3 Å². The number of hydrogen-bond acceptors (Lipinski definition) is 5. The minimum atomic E-state index is -0.0456. The summed E-state index contributed by atoms with van der Waals surface area (Å²) in [5.74, 6) is 0.635. The molecule has 3 aromatic heterocycles. The lowest BCUT2D eigenvalue weighted by Crippen LogP contribution is -2.12. The van der Waals surface area contributed by atoms with Gasteiger partial charge in [-0.05, 0) is 32.8 Å². The zero-order valence-electron chi connectivity index (χ0n) is 11.9. The number of aromatic nitrogens is 5. The van der Waals surface area contributed by atoms with Gasteiger partial charge in [-0.25, -0.2) is 15.0 Å². The molecule has 1 fully saturated rings. The van der Waals surface area contributed by atoms with Gasteiger partial charge in [-0.3, -0.25) is 5.10 Å². The predicted octanol–water partition coefficient (Wildman–Crippen LogP) is 2.65. The number of rotatable bonds is 3. The van der Waals surface area contributed by atoms with Crippen molar-refractivity contribution in [2.75, 3.05) is 0 Å². The summed E-state index contributed by atoms with van der Waals surface area (Å²) in [6.45, 7) is 4.03. The van der Waals surface area contributed by atoms with Gasteiger partial charge in [0.05, 0.1) is 17.4 Å². The van der Waals surface area contributed by atoms with E-state index in [-0.39, 0.29) is 5.60 Å². The number of nitrogens with one attached hydrogen (secondary N) is 1. The summed E-state index contributed by atoms with van der Waals surface area (Å²) in [6.07, 6.45) is 5.46. The summed E-state index contributed by atoms with van der Waals surface area (Å²) in [7, 11) is 0. The lowest BCUT2D eigenvalue weighted by molar-refractivity contribution is 0.192. The second-order valence-electron chi connectivity index (χ2n) is 5.74. The maximum absolute atomic E-state index is 5.92. The van der Waals surface area contributed by atoms with E-state index in [4.69, 9.17) is 4.74 Å². The van der Waals surface area contributed by atoms with Crippen molar-refractivity contribution < 1.29 is 4.74 Å². The van der Waals surface area contributed by atoms with Gasteiger partial charge in [0, 0.05) is 17.1 Å². The molecule has 0 spiro atoms. The molecule has 0 aliphatic heterocycles. The van der Waals surface area contributed by atoms with Crippen molar-refractivity contribution in [1.82, 2.24) is 25.1 Å². The van der Waals surface area contributed by atoms with E-state index in [1.54, 1.807) is 12.5 Å². The molecule has 0 aromatic carbocycles. The molecular weight excluding hydrogens is 266 g/mol. The van der Waals surface area contributed by atoms with Crippen LogP contribution in [-0.4, -0.2) is 30.8 Å². The molecule has 6 nitrogen and oxygen atoms in total. The van der Waals surface area contributed by atoms with Gasteiger partial charge >= 0.3 is 0 Å². The average Bonchev–Trinajstić information content (AvgIpc) is 3.04. The summed E-state index contributed by atoms with van der Waals surface area (Å²) >= 11 is 0. The van der Waals surface area contributed by atoms with E-state index in [1.165, 1.54) is 0 Å². The Morgan fingerprint density at radius 2 is 2.05 bits per heavy atom. The third kappa shape index (κ3) is 2.22. The fourth-order valence-corrected chi connectivity index (χ4v) is 2.26. The Morgan fingerprint density at radius 3 is 2.81 bits per heavy atom. The largest absolute Gasteiger partial charge is 0.471 e.